The van der Waals surface area contributed by atoms with Gasteiger partial charge >= 0.3 is 5.97 Å². The van der Waals surface area contributed by atoms with Crippen LogP contribution < -0.4 is 0 Å². The normalized spacial score (nSPS) is 10.5. The summed E-state index contributed by atoms with van der Waals surface area (Å²) in [5.74, 6) is 0.0519. The van der Waals surface area contributed by atoms with Gasteiger partial charge in [-0.3, -0.25) is 0 Å². The van der Waals surface area contributed by atoms with Crippen LogP contribution in [0.25, 0.3) is 5.95 Å². The van der Waals surface area contributed by atoms with E-state index in [1.807, 2.05) is 19.9 Å². The minimum atomic E-state index is -0.403. The summed E-state index contributed by atoms with van der Waals surface area (Å²) in [6.45, 7) is 7.68. The first kappa shape index (κ1) is 13.2. The Morgan fingerprint density at radius 3 is 2.63 bits per heavy atom. The van der Waals surface area contributed by atoms with Gasteiger partial charge in [0.15, 0.2) is 0 Å². The summed E-state index contributed by atoms with van der Waals surface area (Å²) in [6, 6.07) is 1.94. The Bertz CT molecular complexity index is 619. The monoisotopic (exact) mass is 260 g/mol. The van der Waals surface area contributed by atoms with E-state index in [1.165, 1.54) is 6.20 Å². The average molecular weight is 260 g/mol. The number of carbonyl (C=O) groups excluding carboxylic acids is 1. The van der Waals surface area contributed by atoms with E-state index in [0.29, 0.717) is 23.8 Å². The van der Waals surface area contributed by atoms with Gasteiger partial charge in [-0.05, 0) is 33.8 Å². The van der Waals surface area contributed by atoms with Crippen LogP contribution in [0, 0.1) is 20.8 Å². The van der Waals surface area contributed by atoms with Gasteiger partial charge in [0.1, 0.15) is 0 Å². The van der Waals surface area contributed by atoms with E-state index < -0.39 is 5.97 Å². The lowest BCUT2D eigenvalue weighted by atomic mass is 10.2. The van der Waals surface area contributed by atoms with Gasteiger partial charge in [-0.2, -0.15) is 5.10 Å². The molecule has 0 aliphatic heterocycles. The molecule has 0 aliphatic rings. The molecule has 0 aromatic carbocycles. The molecule has 0 radical (unpaired) electrons. The van der Waals surface area contributed by atoms with Crippen LogP contribution in [0.4, 0.5) is 0 Å². The van der Waals surface area contributed by atoms with Gasteiger partial charge in [-0.15, -0.1) is 0 Å². The van der Waals surface area contributed by atoms with Crippen molar-refractivity contribution in [1.29, 1.82) is 0 Å². The summed E-state index contributed by atoms with van der Waals surface area (Å²) < 4.78 is 6.59. The molecule has 19 heavy (non-hydrogen) atoms. The van der Waals surface area contributed by atoms with Crippen LogP contribution in [0.5, 0.6) is 0 Å². The molecule has 0 spiro atoms. The summed E-state index contributed by atoms with van der Waals surface area (Å²) in [5.41, 5.74) is 2.80. The largest absolute Gasteiger partial charge is 0.462 e. The van der Waals surface area contributed by atoms with Crippen molar-refractivity contribution in [3.63, 3.8) is 0 Å². The first-order chi connectivity index (χ1) is 9.02. The van der Waals surface area contributed by atoms with E-state index in [4.69, 9.17) is 4.74 Å². The molecule has 0 fully saturated rings. The molecule has 6 nitrogen and oxygen atoms in total. The quantitative estimate of drug-likeness (QED) is 0.786. The third-order valence-electron chi connectivity index (χ3n) is 2.66. The van der Waals surface area contributed by atoms with Gasteiger partial charge in [0.2, 0.25) is 0 Å². The molecule has 0 aliphatic carbocycles. The topological polar surface area (TPSA) is 69.9 Å². The summed E-state index contributed by atoms with van der Waals surface area (Å²) in [4.78, 5) is 20.1. The van der Waals surface area contributed by atoms with Gasteiger partial charge in [0.05, 0.1) is 23.6 Å². The summed E-state index contributed by atoms with van der Waals surface area (Å²) >= 11 is 0. The molecule has 0 atom stereocenters. The predicted molar refractivity (Wildman–Crippen MR) is 69.3 cm³/mol. The van der Waals surface area contributed by atoms with Crippen LogP contribution in [0.1, 0.15) is 34.4 Å². The summed E-state index contributed by atoms with van der Waals surface area (Å²) in [5, 5.41) is 4.31. The number of hydrogen-bond acceptors (Lipinski definition) is 5. The van der Waals surface area contributed by atoms with Crippen LogP contribution in [0.2, 0.25) is 0 Å². The van der Waals surface area contributed by atoms with Crippen molar-refractivity contribution in [3.8, 4) is 5.95 Å². The van der Waals surface area contributed by atoms with Crippen LogP contribution in [0.15, 0.2) is 12.3 Å². The Labute approximate surface area is 111 Å². The van der Waals surface area contributed by atoms with Crippen molar-refractivity contribution in [2.45, 2.75) is 27.7 Å². The molecule has 0 saturated carbocycles. The molecule has 0 bridgehead atoms. The lowest BCUT2D eigenvalue weighted by molar-refractivity contribution is 0.0524. The number of nitrogens with zero attached hydrogens (tertiary/aromatic N) is 4. The molecule has 2 aromatic rings. The molecular weight excluding hydrogens is 244 g/mol. The third kappa shape index (κ3) is 2.62. The fraction of sp³-hybridized carbons (Fsp3) is 0.385. The standard InChI is InChI=1S/C13H16N4O2/c1-5-19-12(18)11-7-14-13(15-10(11)4)17-9(3)6-8(2)16-17/h6-7H,5H2,1-4H3. The van der Waals surface area contributed by atoms with E-state index in [0.717, 1.165) is 11.4 Å². The number of aromatic nitrogens is 4. The first-order valence-corrected chi connectivity index (χ1v) is 6.07. The van der Waals surface area contributed by atoms with Crippen molar-refractivity contribution in [2.75, 3.05) is 6.61 Å². The Hall–Kier alpha value is -2.24. The van der Waals surface area contributed by atoms with Crippen molar-refractivity contribution in [2.24, 2.45) is 0 Å². The minimum absolute atomic E-state index is 0.331. The summed E-state index contributed by atoms with van der Waals surface area (Å²) in [7, 11) is 0. The van der Waals surface area contributed by atoms with E-state index >= 15 is 0 Å². The Morgan fingerprint density at radius 2 is 2.11 bits per heavy atom. The van der Waals surface area contributed by atoms with Crippen molar-refractivity contribution in [1.82, 2.24) is 19.7 Å². The van der Waals surface area contributed by atoms with Crippen LogP contribution >= 0.6 is 0 Å². The molecule has 0 unspecified atom stereocenters. The minimum Gasteiger partial charge on any atom is -0.462 e. The van der Waals surface area contributed by atoms with Gasteiger partial charge in [0, 0.05) is 11.9 Å². The van der Waals surface area contributed by atoms with E-state index in [-0.39, 0.29) is 0 Å². The molecule has 0 N–H and O–H groups in total. The second kappa shape index (κ2) is 5.17. The first-order valence-electron chi connectivity index (χ1n) is 6.07. The highest BCUT2D eigenvalue weighted by Gasteiger charge is 2.14. The zero-order chi connectivity index (χ0) is 14.0. The predicted octanol–water partition coefficient (Wildman–Crippen LogP) is 1.76. The van der Waals surface area contributed by atoms with E-state index in [9.17, 15) is 4.79 Å². The highest BCUT2D eigenvalue weighted by atomic mass is 16.5. The van der Waals surface area contributed by atoms with Gasteiger partial charge in [0.25, 0.3) is 5.95 Å². The maximum Gasteiger partial charge on any atom is 0.341 e. The molecule has 6 heteroatoms. The SMILES string of the molecule is CCOC(=O)c1cnc(-n2nc(C)cc2C)nc1C. The number of rotatable bonds is 3. The number of aryl methyl sites for hydroxylation is 3. The number of carbonyl (C=O) groups is 1. The summed E-state index contributed by atoms with van der Waals surface area (Å²) in [6.07, 6.45) is 1.48. The lowest BCUT2D eigenvalue weighted by Gasteiger charge is -2.07. The number of hydrogen-bond donors (Lipinski definition) is 0. The van der Waals surface area contributed by atoms with Crippen molar-refractivity contribution < 1.29 is 9.53 Å². The molecule has 2 heterocycles. The second-order valence-electron chi connectivity index (χ2n) is 4.23. The van der Waals surface area contributed by atoms with Crippen molar-refractivity contribution >= 4 is 5.97 Å². The highest BCUT2D eigenvalue weighted by molar-refractivity contribution is 5.90. The lowest BCUT2D eigenvalue weighted by Crippen LogP contribution is -2.12. The highest BCUT2D eigenvalue weighted by Crippen LogP contribution is 2.11. The Balaban J connectivity index is 2.39. The maximum absolute atomic E-state index is 11.7. The van der Waals surface area contributed by atoms with Gasteiger partial charge < -0.3 is 4.74 Å². The Kier molecular flexibility index (Phi) is 3.59. The van der Waals surface area contributed by atoms with Crippen molar-refractivity contribution in [3.05, 3.63) is 34.9 Å². The third-order valence-corrected chi connectivity index (χ3v) is 2.66. The van der Waals surface area contributed by atoms with Gasteiger partial charge in [-0.25, -0.2) is 19.4 Å². The van der Waals surface area contributed by atoms with Crippen LogP contribution in [-0.4, -0.2) is 32.3 Å². The second-order valence-corrected chi connectivity index (χ2v) is 4.23. The van der Waals surface area contributed by atoms with E-state index in [2.05, 4.69) is 15.1 Å². The molecule has 0 saturated heterocycles. The molecule has 100 valence electrons. The molecular formula is C13H16N4O2. The van der Waals surface area contributed by atoms with E-state index in [1.54, 1.807) is 18.5 Å². The molecule has 0 amide bonds. The Morgan fingerprint density at radius 1 is 1.37 bits per heavy atom. The fourth-order valence-electron chi connectivity index (χ4n) is 1.80. The molecule has 2 aromatic heterocycles. The smallest absolute Gasteiger partial charge is 0.341 e. The maximum atomic E-state index is 11.7. The molecule has 2 rings (SSSR count). The van der Waals surface area contributed by atoms with Crippen LogP contribution in [0.3, 0.4) is 0 Å². The van der Waals surface area contributed by atoms with Crippen LogP contribution in [-0.2, 0) is 4.74 Å². The fourth-order valence-corrected chi connectivity index (χ4v) is 1.80. The van der Waals surface area contributed by atoms with Gasteiger partial charge in [-0.1, -0.05) is 0 Å². The zero-order valence-corrected chi connectivity index (χ0v) is 11.5. The zero-order valence-electron chi connectivity index (χ0n) is 11.5. The number of ether oxygens (including phenoxy) is 1. The average Bonchev–Trinajstić information content (AvgIpc) is 2.68. The number of esters is 1.